The SMILES string of the molecule is CCOC(=O)c1nnc2[nH]n(-c3ccccc3)c(=O)c2c1C. The number of hydrogen-bond acceptors (Lipinski definition) is 5. The molecule has 0 saturated carbocycles. The predicted molar refractivity (Wildman–Crippen MR) is 80.2 cm³/mol. The van der Waals surface area contributed by atoms with Crippen LogP contribution in [-0.2, 0) is 4.74 Å². The molecule has 0 fully saturated rings. The van der Waals surface area contributed by atoms with E-state index in [1.165, 1.54) is 4.68 Å². The molecule has 0 saturated heterocycles. The quantitative estimate of drug-likeness (QED) is 0.742. The summed E-state index contributed by atoms with van der Waals surface area (Å²) in [6, 6.07) is 9.12. The smallest absolute Gasteiger partial charge is 0.359 e. The van der Waals surface area contributed by atoms with Gasteiger partial charge in [-0.15, -0.1) is 10.2 Å². The fraction of sp³-hybridized carbons (Fsp3) is 0.200. The Morgan fingerprint density at radius 2 is 2.00 bits per heavy atom. The van der Waals surface area contributed by atoms with Gasteiger partial charge < -0.3 is 4.74 Å². The van der Waals surface area contributed by atoms with Crippen LogP contribution in [0.15, 0.2) is 35.1 Å². The van der Waals surface area contributed by atoms with Crippen LogP contribution in [0.25, 0.3) is 16.7 Å². The van der Waals surface area contributed by atoms with Gasteiger partial charge in [0.1, 0.15) is 0 Å². The zero-order valence-electron chi connectivity index (χ0n) is 12.2. The summed E-state index contributed by atoms with van der Waals surface area (Å²) in [4.78, 5) is 24.4. The van der Waals surface area contributed by atoms with Crippen molar-refractivity contribution in [2.45, 2.75) is 13.8 Å². The van der Waals surface area contributed by atoms with Crippen molar-refractivity contribution in [1.29, 1.82) is 0 Å². The van der Waals surface area contributed by atoms with Gasteiger partial charge in [0, 0.05) is 5.56 Å². The van der Waals surface area contributed by atoms with Crippen molar-refractivity contribution < 1.29 is 9.53 Å². The van der Waals surface area contributed by atoms with Crippen molar-refractivity contribution in [2.75, 3.05) is 6.61 Å². The first kappa shape index (κ1) is 14.0. The minimum Gasteiger partial charge on any atom is -0.461 e. The molecule has 0 radical (unpaired) electrons. The summed E-state index contributed by atoms with van der Waals surface area (Å²) >= 11 is 0. The van der Waals surface area contributed by atoms with Gasteiger partial charge >= 0.3 is 5.97 Å². The van der Waals surface area contributed by atoms with E-state index in [9.17, 15) is 9.59 Å². The van der Waals surface area contributed by atoms with Crippen LogP contribution in [0.1, 0.15) is 23.0 Å². The number of hydrogen-bond donors (Lipinski definition) is 1. The van der Waals surface area contributed by atoms with Crippen LogP contribution < -0.4 is 5.56 Å². The highest BCUT2D eigenvalue weighted by molar-refractivity contribution is 5.93. The van der Waals surface area contributed by atoms with E-state index in [1.807, 2.05) is 18.2 Å². The van der Waals surface area contributed by atoms with Gasteiger partial charge in [-0.1, -0.05) is 18.2 Å². The summed E-state index contributed by atoms with van der Waals surface area (Å²) < 4.78 is 6.30. The fourth-order valence-electron chi connectivity index (χ4n) is 2.28. The maximum atomic E-state index is 12.6. The largest absolute Gasteiger partial charge is 0.461 e. The Balaban J connectivity index is 2.22. The maximum absolute atomic E-state index is 12.6. The molecule has 2 aromatic heterocycles. The molecule has 22 heavy (non-hydrogen) atoms. The van der Waals surface area contributed by atoms with Gasteiger partial charge in [0.2, 0.25) is 0 Å². The lowest BCUT2D eigenvalue weighted by atomic mass is 10.2. The molecule has 0 bridgehead atoms. The highest BCUT2D eigenvalue weighted by Gasteiger charge is 2.20. The van der Waals surface area contributed by atoms with Crippen LogP contribution in [0.2, 0.25) is 0 Å². The molecule has 3 aromatic rings. The highest BCUT2D eigenvalue weighted by atomic mass is 16.5. The number of nitrogens with one attached hydrogen (secondary N) is 1. The molecule has 7 heteroatoms. The van der Waals surface area contributed by atoms with Gasteiger partial charge in [-0.25, -0.2) is 9.48 Å². The van der Waals surface area contributed by atoms with E-state index in [2.05, 4.69) is 15.3 Å². The van der Waals surface area contributed by atoms with Gasteiger partial charge in [0.15, 0.2) is 11.3 Å². The summed E-state index contributed by atoms with van der Waals surface area (Å²) in [7, 11) is 0. The van der Waals surface area contributed by atoms with Crippen molar-refractivity contribution in [3.8, 4) is 5.69 Å². The molecule has 0 atom stereocenters. The van der Waals surface area contributed by atoms with Crippen molar-refractivity contribution in [3.63, 3.8) is 0 Å². The lowest BCUT2D eigenvalue weighted by Gasteiger charge is -2.02. The first-order valence-corrected chi connectivity index (χ1v) is 6.84. The Bertz CT molecular complexity index is 896. The van der Waals surface area contributed by atoms with E-state index >= 15 is 0 Å². The van der Waals surface area contributed by atoms with E-state index in [1.54, 1.807) is 26.0 Å². The molecule has 1 aromatic carbocycles. The van der Waals surface area contributed by atoms with E-state index in [-0.39, 0.29) is 17.9 Å². The van der Waals surface area contributed by atoms with Crippen LogP contribution in [0, 0.1) is 6.92 Å². The van der Waals surface area contributed by atoms with E-state index in [0.29, 0.717) is 22.3 Å². The number of carbonyl (C=O) groups excluding carboxylic acids is 1. The molecule has 7 nitrogen and oxygen atoms in total. The van der Waals surface area contributed by atoms with E-state index in [0.717, 1.165) is 0 Å². The fourth-order valence-corrected chi connectivity index (χ4v) is 2.28. The van der Waals surface area contributed by atoms with Crippen LogP contribution in [0.4, 0.5) is 0 Å². The van der Waals surface area contributed by atoms with E-state index in [4.69, 9.17) is 4.74 Å². The zero-order chi connectivity index (χ0) is 15.7. The highest BCUT2D eigenvalue weighted by Crippen LogP contribution is 2.15. The molecule has 0 amide bonds. The number of aryl methyl sites for hydroxylation is 1. The first-order valence-electron chi connectivity index (χ1n) is 6.84. The number of ether oxygens (including phenoxy) is 1. The summed E-state index contributed by atoms with van der Waals surface area (Å²) in [5.74, 6) is -0.582. The summed E-state index contributed by atoms with van der Waals surface area (Å²) in [5, 5.41) is 11.0. The third kappa shape index (κ3) is 2.16. The third-order valence-corrected chi connectivity index (χ3v) is 3.33. The third-order valence-electron chi connectivity index (χ3n) is 3.33. The molecule has 112 valence electrons. The number of benzene rings is 1. The molecule has 2 heterocycles. The molecule has 3 rings (SSSR count). The van der Waals surface area contributed by atoms with Crippen LogP contribution in [0.5, 0.6) is 0 Å². The minimum atomic E-state index is -0.582. The average molecular weight is 298 g/mol. The lowest BCUT2D eigenvalue weighted by molar-refractivity contribution is 0.0517. The number of aromatic amines is 1. The second-order valence-corrected chi connectivity index (χ2v) is 4.71. The Morgan fingerprint density at radius 3 is 2.68 bits per heavy atom. The zero-order valence-corrected chi connectivity index (χ0v) is 12.2. The number of para-hydroxylation sites is 1. The second kappa shape index (κ2) is 5.44. The van der Waals surface area contributed by atoms with Gasteiger partial charge in [-0.3, -0.25) is 9.89 Å². The number of rotatable bonds is 3. The predicted octanol–water partition coefficient (Wildman–Crippen LogP) is 1.59. The summed E-state index contributed by atoms with van der Waals surface area (Å²) in [6.07, 6.45) is 0. The molecule has 0 unspecified atom stereocenters. The molecule has 1 N–H and O–H groups in total. The first-order chi connectivity index (χ1) is 10.6. The number of esters is 1. The number of nitrogens with zero attached hydrogens (tertiary/aromatic N) is 3. The standard InChI is InChI=1S/C15H14N4O3/c1-3-22-15(21)12-9(2)11-13(17-16-12)18-19(14(11)20)10-7-5-4-6-8-10/h4-8H,3H2,1-2H3,(H,17,18). The van der Waals surface area contributed by atoms with Crippen molar-refractivity contribution >= 4 is 17.0 Å². The molecular formula is C15H14N4O3. The molecule has 0 aliphatic heterocycles. The van der Waals surface area contributed by atoms with Gasteiger partial charge in [-0.2, -0.15) is 0 Å². The molecule has 0 aliphatic rings. The Kier molecular flexibility index (Phi) is 3.46. The summed E-state index contributed by atoms with van der Waals surface area (Å²) in [5.41, 5.74) is 1.26. The number of carbonyl (C=O) groups is 1. The maximum Gasteiger partial charge on any atom is 0.359 e. The number of aromatic nitrogens is 4. The Hall–Kier alpha value is -2.96. The van der Waals surface area contributed by atoms with Crippen LogP contribution in [0.3, 0.4) is 0 Å². The van der Waals surface area contributed by atoms with Crippen molar-refractivity contribution in [3.05, 3.63) is 51.9 Å². The molecular weight excluding hydrogens is 284 g/mol. The summed E-state index contributed by atoms with van der Waals surface area (Å²) in [6.45, 7) is 3.60. The molecule has 0 aliphatic carbocycles. The number of fused-ring (bicyclic) bond motifs is 1. The lowest BCUT2D eigenvalue weighted by Crippen LogP contribution is -2.16. The van der Waals surface area contributed by atoms with Crippen molar-refractivity contribution in [1.82, 2.24) is 20.0 Å². The Labute approximate surface area is 125 Å². The van der Waals surface area contributed by atoms with Gasteiger partial charge in [0.25, 0.3) is 5.56 Å². The van der Waals surface area contributed by atoms with E-state index < -0.39 is 5.97 Å². The van der Waals surface area contributed by atoms with Gasteiger partial charge in [-0.05, 0) is 26.0 Å². The average Bonchev–Trinajstić information content (AvgIpc) is 2.86. The Morgan fingerprint density at radius 1 is 1.27 bits per heavy atom. The monoisotopic (exact) mass is 298 g/mol. The van der Waals surface area contributed by atoms with Crippen LogP contribution >= 0.6 is 0 Å². The minimum absolute atomic E-state index is 0.0608. The van der Waals surface area contributed by atoms with Crippen LogP contribution in [-0.4, -0.2) is 32.6 Å². The second-order valence-electron chi connectivity index (χ2n) is 4.71. The number of H-pyrrole nitrogens is 1. The van der Waals surface area contributed by atoms with Gasteiger partial charge in [0.05, 0.1) is 17.7 Å². The van der Waals surface area contributed by atoms with Crippen molar-refractivity contribution in [2.24, 2.45) is 0 Å². The normalized spacial score (nSPS) is 10.8. The molecule has 0 spiro atoms. The topological polar surface area (TPSA) is 89.9 Å².